The van der Waals surface area contributed by atoms with Crippen LogP contribution in [0, 0.1) is 0 Å². The molecule has 3 N–H and O–H groups in total. The molecule has 0 saturated heterocycles. The first-order valence-electron chi connectivity index (χ1n) is 9.36. The second-order valence-electron chi connectivity index (χ2n) is 7.65. The number of nitrogen functional groups attached to an aromatic ring is 1. The summed E-state index contributed by atoms with van der Waals surface area (Å²) in [6.07, 6.45) is 0.625. The first-order chi connectivity index (χ1) is 13.2. The number of hydrogen-bond donors (Lipinski definition) is 2. The summed E-state index contributed by atoms with van der Waals surface area (Å²) in [7, 11) is 0. The third-order valence-electron chi connectivity index (χ3n) is 4.26. The van der Waals surface area contributed by atoms with Gasteiger partial charge in [-0.2, -0.15) is 0 Å². The van der Waals surface area contributed by atoms with Gasteiger partial charge in [-0.05, 0) is 53.8 Å². The van der Waals surface area contributed by atoms with Gasteiger partial charge < -0.3 is 15.8 Å². The third-order valence-corrected chi connectivity index (χ3v) is 4.26. The molecule has 0 heterocycles. The molecule has 0 saturated carbocycles. The molecule has 0 aliphatic heterocycles. The zero-order chi connectivity index (χ0) is 20.7. The van der Waals surface area contributed by atoms with Crippen LogP contribution in [-0.4, -0.2) is 25.1 Å². The molecule has 150 valence electrons. The van der Waals surface area contributed by atoms with Crippen molar-refractivity contribution in [2.45, 2.75) is 39.5 Å². The van der Waals surface area contributed by atoms with Crippen molar-refractivity contribution in [3.8, 4) is 5.75 Å². The van der Waals surface area contributed by atoms with Gasteiger partial charge in [0.2, 0.25) is 5.91 Å². The number of carbonyl (C=O) groups is 2. The molecule has 0 aliphatic rings. The van der Waals surface area contributed by atoms with E-state index in [1.54, 1.807) is 24.3 Å². The Hall–Kier alpha value is -3.02. The van der Waals surface area contributed by atoms with Gasteiger partial charge in [0.25, 0.3) is 0 Å². The maximum Gasteiger partial charge on any atom is 0.328 e. The third kappa shape index (κ3) is 6.01. The Balaban J connectivity index is 1.79. The lowest BCUT2D eigenvalue weighted by Crippen LogP contribution is -2.43. The van der Waals surface area contributed by atoms with Crippen molar-refractivity contribution < 1.29 is 14.3 Å². The number of anilines is 2. The lowest BCUT2D eigenvalue weighted by atomic mass is 9.87. The number of urea groups is 1. The highest BCUT2D eigenvalue weighted by molar-refractivity contribution is 6.13. The predicted octanol–water partition coefficient (Wildman–Crippen LogP) is 4.10. The summed E-state index contributed by atoms with van der Waals surface area (Å²) < 4.78 is 5.72. The van der Waals surface area contributed by atoms with Crippen molar-refractivity contribution in [1.29, 1.82) is 0 Å². The number of carbonyl (C=O) groups excluding carboxylic acids is 2. The molecule has 0 unspecified atom stereocenters. The Morgan fingerprint density at radius 1 is 1.04 bits per heavy atom. The fraction of sp³-hybridized carbons (Fsp3) is 0.364. The minimum absolute atomic E-state index is 0.107. The highest BCUT2D eigenvalue weighted by Gasteiger charge is 2.19. The topological polar surface area (TPSA) is 84.7 Å². The van der Waals surface area contributed by atoms with Crippen LogP contribution in [0.1, 0.15) is 39.7 Å². The van der Waals surface area contributed by atoms with Gasteiger partial charge in [-0.1, -0.05) is 32.9 Å². The molecule has 0 radical (unpaired) electrons. The molecule has 6 heteroatoms. The SMILES string of the molecule is CC(=O)N(C(=O)NCCCOc1ccc(C(C)(C)C)cc1)c1ccc(N)cc1. The molecule has 0 atom stereocenters. The Kier molecular flexibility index (Phi) is 7.04. The molecular weight excluding hydrogens is 354 g/mol. The zero-order valence-electron chi connectivity index (χ0n) is 17.0. The summed E-state index contributed by atoms with van der Waals surface area (Å²) in [6, 6.07) is 14.2. The Bertz CT molecular complexity index is 793. The molecule has 0 fully saturated rings. The van der Waals surface area contributed by atoms with Gasteiger partial charge in [0, 0.05) is 19.2 Å². The number of benzene rings is 2. The molecule has 0 aliphatic carbocycles. The van der Waals surface area contributed by atoms with Crippen molar-refractivity contribution >= 4 is 23.3 Å². The maximum atomic E-state index is 12.4. The van der Waals surface area contributed by atoms with E-state index in [1.165, 1.54) is 12.5 Å². The van der Waals surface area contributed by atoms with E-state index >= 15 is 0 Å². The largest absolute Gasteiger partial charge is 0.494 e. The van der Waals surface area contributed by atoms with Gasteiger partial charge in [-0.3, -0.25) is 4.79 Å². The van der Waals surface area contributed by atoms with Crippen molar-refractivity contribution in [3.63, 3.8) is 0 Å². The van der Waals surface area contributed by atoms with Crippen LogP contribution in [0.2, 0.25) is 0 Å². The minimum Gasteiger partial charge on any atom is -0.494 e. The Morgan fingerprint density at radius 2 is 1.64 bits per heavy atom. The minimum atomic E-state index is -0.466. The van der Waals surface area contributed by atoms with E-state index in [0.29, 0.717) is 30.9 Å². The first kappa shape index (κ1) is 21.3. The van der Waals surface area contributed by atoms with Crippen LogP contribution < -0.4 is 20.7 Å². The number of amides is 3. The van der Waals surface area contributed by atoms with Gasteiger partial charge in [0.15, 0.2) is 0 Å². The predicted molar refractivity (Wildman–Crippen MR) is 113 cm³/mol. The summed E-state index contributed by atoms with van der Waals surface area (Å²) in [5.74, 6) is 0.434. The van der Waals surface area contributed by atoms with Crippen LogP contribution in [-0.2, 0) is 10.2 Å². The number of nitrogens with one attached hydrogen (secondary N) is 1. The van der Waals surface area contributed by atoms with Gasteiger partial charge in [0.1, 0.15) is 5.75 Å². The monoisotopic (exact) mass is 383 g/mol. The number of imide groups is 1. The summed E-state index contributed by atoms with van der Waals surface area (Å²) >= 11 is 0. The van der Waals surface area contributed by atoms with E-state index in [2.05, 4.69) is 38.2 Å². The van der Waals surface area contributed by atoms with E-state index < -0.39 is 6.03 Å². The highest BCUT2D eigenvalue weighted by atomic mass is 16.5. The Labute approximate surface area is 166 Å². The van der Waals surface area contributed by atoms with Crippen LogP contribution >= 0.6 is 0 Å². The van der Waals surface area contributed by atoms with Crippen molar-refractivity contribution in [3.05, 3.63) is 54.1 Å². The van der Waals surface area contributed by atoms with Crippen LogP contribution in [0.4, 0.5) is 16.2 Å². The summed E-state index contributed by atoms with van der Waals surface area (Å²) in [5.41, 5.74) is 8.06. The molecule has 2 aromatic rings. The van der Waals surface area contributed by atoms with Crippen LogP contribution in [0.15, 0.2) is 48.5 Å². The first-order valence-corrected chi connectivity index (χ1v) is 9.36. The van der Waals surface area contributed by atoms with Gasteiger partial charge >= 0.3 is 6.03 Å². The van der Waals surface area contributed by atoms with Gasteiger partial charge in [0.05, 0.1) is 12.3 Å². The lowest BCUT2D eigenvalue weighted by Gasteiger charge is -2.20. The van der Waals surface area contributed by atoms with E-state index in [9.17, 15) is 9.59 Å². The average molecular weight is 383 g/mol. The van der Waals surface area contributed by atoms with E-state index in [0.717, 1.165) is 10.6 Å². The number of rotatable bonds is 6. The summed E-state index contributed by atoms with van der Waals surface area (Å²) in [6.45, 7) is 8.72. The smallest absolute Gasteiger partial charge is 0.328 e. The zero-order valence-corrected chi connectivity index (χ0v) is 17.0. The molecule has 3 amide bonds. The summed E-state index contributed by atoms with van der Waals surface area (Å²) in [5, 5.41) is 2.75. The summed E-state index contributed by atoms with van der Waals surface area (Å²) in [4.78, 5) is 25.3. The second-order valence-corrected chi connectivity index (χ2v) is 7.65. The number of nitrogens with zero attached hydrogens (tertiary/aromatic N) is 1. The van der Waals surface area contributed by atoms with Crippen LogP contribution in [0.5, 0.6) is 5.75 Å². The molecule has 0 spiro atoms. The van der Waals surface area contributed by atoms with Gasteiger partial charge in [-0.25, -0.2) is 9.69 Å². The molecular formula is C22H29N3O3. The average Bonchev–Trinajstić information content (AvgIpc) is 2.62. The fourth-order valence-electron chi connectivity index (χ4n) is 2.65. The van der Waals surface area contributed by atoms with Crippen LogP contribution in [0.25, 0.3) is 0 Å². The Morgan fingerprint density at radius 3 is 2.18 bits per heavy atom. The lowest BCUT2D eigenvalue weighted by molar-refractivity contribution is -0.115. The molecule has 28 heavy (non-hydrogen) atoms. The second kappa shape index (κ2) is 9.26. The van der Waals surface area contributed by atoms with E-state index in [1.807, 2.05) is 12.1 Å². The molecule has 0 aromatic heterocycles. The van der Waals surface area contributed by atoms with Gasteiger partial charge in [-0.15, -0.1) is 0 Å². The molecule has 6 nitrogen and oxygen atoms in total. The fourth-order valence-corrected chi connectivity index (χ4v) is 2.65. The van der Waals surface area contributed by atoms with Crippen molar-refractivity contribution in [1.82, 2.24) is 5.32 Å². The van der Waals surface area contributed by atoms with E-state index in [-0.39, 0.29) is 11.3 Å². The van der Waals surface area contributed by atoms with Crippen molar-refractivity contribution in [2.75, 3.05) is 23.8 Å². The number of hydrogen-bond acceptors (Lipinski definition) is 4. The maximum absolute atomic E-state index is 12.4. The highest BCUT2D eigenvalue weighted by Crippen LogP contribution is 2.24. The number of ether oxygens (including phenoxy) is 1. The van der Waals surface area contributed by atoms with Crippen molar-refractivity contribution in [2.24, 2.45) is 0 Å². The molecule has 2 aromatic carbocycles. The van der Waals surface area contributed by atoms with Crippen LogP contribution in [0.3, 0.4) is 0 Å². The number of nitrogens with two attached hydrogens (primary N) is 1. The molecule has 0 bridgehead atoms. The standard InChI is InChI=1S/C22H29N3O3/c1-16(26)25(19-10-8-18(23)9-11-19)21(27)24-14-5-15-28-20-12-6-17(7-13-20)22(2,3)4/h6-13H,5,14-15,23H2,1-4H3,(H,24,27). The normalized spacial score (nSPS) is 11.0. The quantitative estimate of drug-likeness (QED) is 0.581. The molecule has 2 rings (SSSR count). The van der Waals surface area contributed by atoms with E-state index in [4.69, 9.17) is 10.5 Å².